The summed E-state index contributed by atoms with van der Waals surface area (Å²) >= 11 is 11.8. The highest BCUT2D eigenvalue weighted by molar-refractivity contribution is 6.42. The van der Waals surface area contributed by atoms with E-state index >= 15 is 0 Å². The van der Waals surface area contributed by atoms with E-state index in [0.717, 1.165) is 24.3 Å². The molecule has 2 aromatic carbocycles. The minimum Gasteiger partial charge on any atom is -0.372 e. The van der Waals surface area contributed by atoms with Crippen molar-refractivity contribution in [3.05, 3.63) is 58.1 Å². The third-order valence-electron chi connectivity index (χ3n) is 3.78. The molecular formula is C19H20Cl2N4O2. The summed E-state index contributed by atoms with van der Waals surface area (Å²) in [5, 5.41) is 6.85. The van der Waals surface area contributed by atoms with Crippen LogP contribution in [-0.2, 0) is 9.59 Å². The molecule has 0 fully saturated rings. The van der Waals surface area contributed by atoms with E-state index in [9.17, 15) is 9.59 Å². The summed E-state index contributed by atoms with van der Waals surface area (Å²) in [5.41, 5.74) is 4.33. The van der Waals surface area contributed by atoms with Crippen molar-refractivity contribution in [2.75, 3.05) is 23.3 Å². The lowest BCUT2D eigenvalue weighted by molar-refractivity contribution is -0.136. The van der Waals surface area contributed by atoms with E-state index in [1.165, 1.54) is 18.3 Å². The molecule has 142 valence electrons. The summed E-state index contributed by atoms with van der Waals surface area (Å²) in [4.78, 5) is 26.0. The van der Waals surface area contributed by atoms with Gasteiger partial charge in [0.15, 0.2) is 0 Å². The number of carbonyl (C=O) groups excluding carboxylic acids is 2. The fraction of sp³-hybridized carbons (Fsp3) is 0.211. The molecule has 0 bridgehead atoms. The Morgan fingerprint density at radius 2 is 1.70 bits per heavy atom. The fourth-order valence-electron chi connectivity index (χ4n) is 2.35. The Bertz CT molecular complexity index is 834. The van der Waals surface area contributed by atoms with Crippen molar-refractivity contribution in [3.8, 4) is 0 Å². The maximum atomic E-state index is 11.9. The molecule has 0 aliphatic heterocycles. The number of benzene rings is 2. The third kappa shape index (κ3) is 5.98. The van der Waals surface area contributed by atoms with Crippen molar-refractivity contribution in [1.82, 2.24) is 5.43 Å². The van der Waals surface area contributed by atoms with E-state index in [1.54, 1.807) is 6.07 Å². The largest absolute Gasteiger partial charge is 0.372 e. The van der Waals surface area contributed by atoms with Crippen LogP contribution >= 0.6 is 23.2 Å². The van der Waals surface area contributed by atoms with Crippen molar-refractivity contribution in [1.29, 1.82) is 0 Å². The van der Waals surface area contributed by atoms with Gasteiger partial charge in [0.25, 0.3) is 0 Å². The second-order valence-corrected chi connectivity index (χ2v) is 6.38. The predicted octanol–water partition coefficient (Wildman–Crippen LogP) is 3.93. The van der Waals surface area contributed by atoms with Crippen LogP contribution in [-0.4, -0.2) is 31.1 Å². The van der Waals surface area contributed by atoms with Crippen molar-refractivity contribution in [2.45, 2.75) is 13.8 Å². The highest BCUT2D eigenvalue weighted by Gasteiger charge is 2.14. The molecule has 0 aromatic heterocycles. The van der Waals surface area contributed by atoms with Crippen LogP contribution in [0.4, 0.5) is 11.4 Å². The third-order valence-corrected chi connectivity index (χ3v) is 4.35. The quantitative estimate of drug-likeness (QED) is 0.433. The summed E-state index contributed by atoms with van der Waals surface area (Å²) in [5.74, 6) is -1.81. The van der Waals surface area contributed by atoms with E-state index in [2.05, 4.69) is 34.6 Å². The van der Waals surface area contributed by atoms with Crippen LogP contribution < -0.4 is 15.6 Å². The van der Waals surface area contributed by atoms with E-state index < -0.39 is 11.8 Å². The normalized spacial score (nSPS) is 10.7. The minimum absolute atomic E-state index is 0.250. The van der Waals surface area contributed by atoms with Gasteiger partial charge in [-0.25, -0.2) is 5.43 Å². The summed E-state index contributed by atoms with van der Waals surface area (Å²) in [6.07, 6.45) is 1.46. The number of anilines is 2. The SMILES string of the molecule is CCN(CC)c1ccc(C=NNC(=O)C(=O)Nc2cc(Cl)ccc2Cl)cc1. The van der Waals surface area contributed by atoms with Gasteiger partial charge in [0.05, 0.1) is 16.9 Å². The first kappa shape index (κ1) is 20.7. The van der Waals surface area contributed by atoms with Crippen molar-refractivity contribution in [3.63, 3.8) is 0 Å². The van der Waals surface area contributed by atoms with Gasteiger partial charge in [-0.1, -0.05) is 35.3 Å². The molecule has 2 N–H and O–H groups in total. The number of nitrogens with one attached hydrogen (secondary N) is 2. The first-order valence-corrected chi connectivity index (χ1v) is 9.14. The number of carbonyl (C=O) groups is 2. The maximum absolute atomic E-state index is 11.9. The second-order valence-electron chi connectivity index (χ2n) is 5.54. The van der Waals surface area contributed by atoms with E-state index in [0.29, 0.717) is 5.02 Å². The highest BCUT2D eigenvalue weighted by Crippen LogP contribution is 2.25. The molecule has 0 aliphatic carbocycles. The molecular weight excluding hydrogens is 387 g/mol. The molecule has 0 atom stereocenters. The van der Waals surface area contributed by atoms with Gasteiger partial charge in [0.2, 0.25) is 0 Å². The Balaban J connectivity index is 1.92. The molecule has 0 saturated carbocycles. The Morgan fingerprint density at radius 1 is 1.04 bits per heavy atom. The molecule has 0 spiro atoms. The van der Waals surface area contributed by atoms with Crippen LogP contribution in [0.3, 0.4) is 0 Å². The fourth-order valence-corrected chi connectivity index (χ4v) is 2.69. The van der Waals surface area contributed by atoms with E-state index in [4.69, 9.17) is 23.2 Å². The molecule has 8 heteroatoms. The Hall–Kier alpha value is -2.57. The number of hydrazone groups is 1. The summed E-state index contributed by atoms with van der Waals surface area (Å²) in [6.45, 7) is 6.03. The van der Waals surface area contributed by atoms with Crippen molar-refractivity contribution < 1.29 is 9.59 Å². The molecule has 27 heavy (non-hydrogen) atoms. The van der Waals surface area contributed by atoms with Gasteiger partial charge in [-0.2, -0.15) is 5.10 Å². The van der Waals surface area contributed by atoms with Gasteiger partial charge >= 0.3 is 11.8 Å². The smallest absolute Gasteiger partial charge is 0.329 e. The standard InChI is InChI=1S/C19H20Cl2N4O2/c1-3-25(4-2)15-8-5-13(6-9-15)12-22-24-19(27)18(26)23-17-11-14(20)7-10-16(17)21/h5-12H,3-4H2,1-2H3,(H,23,26)(H,24,27). The topological polar surface area (TPSA) is 73.8 Å². The number of nitrogens with zero attached hydrogens (tertiary/aromatic N) is 2. The van der Waals surface area contributed by atoms with Gasteiger partial charge in [-0.05, 0) is 49.7 Å². The van der Waals surface area contributed by atoms with Gasteiger partial charge in [-0.3, -0.25) is 9.59 Å². The zero-order valence-electron chi connectivity index (χ0n) is 15.0. The summed E-state index contributed by atoms with van der Waals surface area (Å²) < 4.78 is 0. The number of rotatable bonds is 6. The Labute approximate surface area is 168 Å². The first-order chi connectivity index (χ1) is 12.9. The molecule has 2 aromatic rings. The first-order valence-electron chi connectivity index (χ1n) is 8.39. The number of hydrogen-bond donors (Lipinski definition) is 2. The van der Waals surface area contributed by atoms with Crippen LogP contribution in [0.25, 0.3) is 0 Å². The number of amides is 2. The summed E-state index contributed by atoms with van der Waals surface area (Å²) in [6, 6.07) is 12.3. The zero-order chi connectivity index (χ0) is 19.8. The second kappa shape index (κ2) is 9.94. The van der Waals surface area contributed by atoms with Gasteiger partial charge in [-0.15, -0.1) is 0 Å². The van der Waals surface area contributed by atoms with Gasteiger partial charge in [0.1, 0.15) is 0 Å². The van der Waals surface area contributed by atoms with Crippen molar-refractivity contribution in [2.24, 2.45) is 5.10 Å². The Morgan fingerprint density at radius 3 is 2.33 bits per heavy atom. The molecule has 6 nitrogen and oxygen atoms in total. The van der Waals surface area contributed by atoms with Crippen LogP contribution in [0.1, 0.15) is 19.4 Å². The minimum atomic E-state index is -0.915. The van der Waals surface area contributed by atoms with Crippen LogP contribution in [0, 0.1) is 0 Å². The molecule has 0 radical (unpaired) electrons. The predicted molar refractivity (Wildman–Crippen MR) is 111 cm³/mol. The number of halogens is 2. The Kier molecular flexibility index (Phi) is 7.64. The molecule has 0 unspecified atom stereocenters. The maximum Gasteiger partial charge on any atom is 0.329 e. The molecule has 2 amide bonds. The molecule has 2 rings (SSSR count). The monoisotopic (exact) mass is 406 g/mol. The lowest BCUT2D eigenvalue weighted by atomic mass is 10.2. The average molecular weight is 407 g/mol. The lowest BCUT2D eigenvalue weighted by Gasteiger charge is -2.20. The highest BCUT2D eigenvalue weighted by atomic mass is 35.5. The zero-order valence-corrected chi connectivity index (χ0v) is 16.5. The van der Waals surface area contributed by atoms with Gasteiger partial charge in [0, 0.05) is 23.8 Å². The average Bonchev–Trinajstić information content (AvgIpc) is 2.66. The van der Waals surface area contributed by atoms with E-state index in [-0.39, 0.29) is 10.7 Å². The number of hydrogen-bond acceptors (Lipinski definition) is 4. The molecule has 0 heterocycles. The summed E-state index contributed by atoms with van der Waals surface area (Å²) in [7, 11) is 0. The van der Waals surface area contributed by atoms with Gasteiger partial charge < -0.3 is 10.2 Å². The van der Waals surface area contributed by atoms with Crippen LogP contribution in [0.5, 0.6) is 0 Å². The van der Waals surface area contributed by atoms with Crippen LogP contribution in [0.15, 0.2) is 47.6 Å². The molecule has 0 saturated heterocycles. The van der Waals surface area contributed by atoms with Crippen LogP contribution in [0.2, 0.25) is 10.0 Å². The molecule has 0 aliphatic rings. The lowest BCUT2D eigenvalue weighted by Crippen LogP contribution is -2.32. The van der Waals surface area contributed by atoms with Crippen molar-refractivity contribution >= 4 is 52.6 Å². The van der Waals surface area contributed by atoms with E-state index in [1.807, 2.05) is 24.3 Å².